The molecule has 1 aromatic carbocycles. The molecule has 1 atom stereocenters. The standard InChI is InChI=1S/C18H23N3O3/c1-14(11-16(22)21-18(13-19)8-9-18)7-10-20-17(23)24-12-15-5-3-2-4-6-15/h2-6,14H,7-12H2,1H3,(H,20,23)(H,21,22). The Balaban J connectivity index is 1.56. The van der Waals surface area contributed by atoms with E-state index in [1.165, 1.54) is 0 Å². The van der Waals surface area contributed by atoms with E-state index in [0.717, 1.165) is 18.4 Å². The summed E-state index contributed by atoms with van der Waals surface area (Å²) in [6, 6.07) is 11.6. The van der Waals surface area contributed by atoms with Gasteiger partial charge in [-0.15, -0.1) is 0 Å². The summed E-state index contributed by atoms with van der Waals surface area (Å²) in [5.41, 5.74) is 0.320. The molecular formula is C18H23N3O3. The van der Waals surface area contributed by atoms with Crippen molar-refractivity contribution in [2.24, 2.45) is 5.92 Å². The van der Waals surface area contributed by atoms with Crippen molar-refractivity contribution in [3.8, 4) is 6.07 Å². The number of hydrogen-bond donors (Lipinski definition) is 2. The normalized spacial score (nSPS) is 15.7. The van der Waals surface area contributed by atoms with E-state index in [1.807, 2.05) is 37.3 Å². The maximum Gasteiger partial charge on any atom is 0.407 e. The minimum absolute atomic E-state index is 0.104. The highest BCUT2D eigenvalue weighted by molar-refractivity contribution is 5.78. The van der Waals surface area contributed by atoms with Crippen molar-refractivity contribution in [1.29, 1.82) is 5.26 Å². The van der Waals surface area contributed by atoms with Crippen molar-refractivity contribution in [2.45, 2.75) is 44.8 Å². The highest BCUT2D eigenvalue weighted by Gasteiger charge is 2.44. The molecule has 6 heteroatoms. The van der Waals surface area contributed by atoms with E-state index in [2.05, 4.69) is 16.7 Å². The number of nitriles is 1. The molecule has 1 fully saturated rings. The first-order chi connectivity index (χ1) is 11.5. The molecule has 0 radical (unpaired) electrons. The molecule has 24 heavy (non-hydrogen) atoms. The van der Waals surface area contributed by atoms with Gasteiger partial charge < -0.3 is 15.4 Å². The minimum Gasteiger partial charge on any atom is -0.445 e. The van der Waals surface area contributed by atoms with Gasteiger partial charge in [-0.1, -0.05) is 37.3 Å². The Bertz CT molecular complexity index is 606. The number of alkyl carbamates (subject to hydrolysis) is 1. The third kappa shape index (κ3) is 5.92. The predicted molar refractivity (Wildman–Crippen MR) is 88.7 cm³/mol. The Morgan fingerprint density at radius 1 is 1.33 bits per heavy atom. The van der Waals surface area contributed by atoms with Crippen LogP contribution in [0.3, 0.4) is 0 Å². The monoisotopic (exact) mass is 329 g/mol. The van der Waals surface area contributed by atoms with Crippen molar-refractivity contribution in [3.05, 3.63) is 35.9 Å². The van der Waals surface area contributed by atoms with Crippen molar-refractivity contribution >= 4 is 12.0 Å². The van der Waals surface area contributed by atoms with Crippen LogP contribution in [-0.2, 0) is 16.1 Å². The Morgan fingerprint density at radius 2 is 2.04 bits per heavy atom. The summed E-state index contributed by atoms with van der Waals surface area (Å²) in [7, 11) is 0. The van der Waals surface area contributed by atoms with Gasteiger partial charge in [0, 0.05) is 13.0 Å². The molecule has 2 amide bonds. The van der Waals surface area contributed by atoms with Crippen LogP contribution >= 0.6 is 0 Å². The van der Waals surface area contributed by atoms with Gasteiger partial charge in [0.15, 0.2) is 0 Å². The number of rotatable bonds is 8. The highest BCUT2D eigenvalue weighted by atomic mass is 16.5. The summed E-state index contributed by atoms with van der Waals surface area (Å²) in [5, 5.41) is 14.4. The quantitative estimate of drug-likeness (QED) is 0.766. The molecule has 0 heterocycles. The zero-order valence-electron chi connectivity index (χ0n) is 13.9. The Kier molecular flexibility index (Phi) is 6.19. The molecule has 0 aromatic heterocycles. The predicted octanol–water partition coefficient (Wildman–Crippen LogP) is 2.50. The zero-order chi connectivity index (χ0) is 17.4. The van der Waals surface area contributed by atoms with Crippen LogP contribution in [0.1, 0.15) is 38.2 Å². The Morgan fingerprint density at radius 3 is 2.67 bits per heavy atom. The second-order valence-corrected chi connectivity index (χ2v) is 6.33. The van der Waals surface area contributed by atoms with Gasteiger partial charge in [0.1, 0.15) is 12.1 Å². The van der Waals surface area contributed by atoms with E-state index >= 15 is 0 Å². The van der Waals surface area contributed by atoms with Gasteiger partial charge in [-0.05, 0) is 30.7 Å². The summed E-state index contributed by atoms with van der Waals surface area (Å²) in [4.78, 5) is 23.5. The van der Waals surface area contributed by atoms with Gasteiger partial charge in [0.25, 0.3) is 0 Å². The third-order valence-corrected chi connectivity index (χ3v) is 4.00. The average molecular weight is 329 g/mol. The van der Waals surface area contributed by atoms with Crippen molar-refractivity contribution in [2.75, 3.05) is 6.54 Å². The van der Waals surface area contributed by atoms with Gasteiger partial charge in [-0.2, -0.15) is 5.26 Å². The Labute approximate surface area is 142 Å². The van der Waals surface area contributed by atoms with E-state index in [-0.39, 0.29) is 18.4 Å². The number of benzene rings is 1. The Hall–Kier alpha value is -2.55. The van der Waals surface area contributed by atoms with Crippen LogP contribution in [-0.4, -0.2) is 24.1 Å². The van der Waals surface area contributed by atoms with Gasteiger partial charge >= 0.3 is 6.09 Å². The number of ether oxygens (including phenoxy) is 1. The van der Waals surface area contributed by atoms with E-state index in [1.54, 1.807) is 0 Å². The molecular weight excluding hydrogens is 306 g/mol. The van der Waals surface area contributed by atoms with Crippen LogP contribution in [0.15, 0.2) is 30.3 Å². The third-order valence-electron chi connectivity index (χ3n) is 4.00. The van der Waals surface area contributed by atoms with Crippen molar-refractivity contribution in [3.63, 3.8) is 0 Å². The molecule has 0 aliphatic heterocycles. The van der Waals surface area contributed by atoms with Crippen molar-refractivity contribution < 1.29 is 14.3 Å². The molecule has 0 spiro atoms. The minimum atomic E-state index is -0.615. The molecule has 1 aliphatic carbocycles. The molecule has 1 unspecified atom stereocenters. The lowest BCUT2D eigenvalue weighted by atomic mass is 10.0. The summed E-state index contributed by atoms with van der Waals surface area (Å²) in [6.45, 7) is 2.63. The molecule has 1 aliphatic rings. The zero-order valence-corrected chi connectivity index (χ0v) is 13.9. The summed E-state index contributed by atoms with van der Waals surface area (Å²) in [5.74, 6) is 0.0159. The summed E-state index contributed by atoms with van der Waals surface area (Å²) < 4.78 is 5.11. The molecule has 0 saturated heterocycles. The number of carbonyl (C=O) groups is 2. The molecule has 1 aromatic rings. The number of nitrogens with zero attached hydrogens (tertiary/aromatic N) is 1. The van der Waals surface area contributed by atoms with Crippen molar-refractivity contribution in [1.82, 2.24) is 10.6 Å². The van der Waals surface area contributed by atoms with Gasteiger partial charge in [-0.25, -0.2) is 4.79 Å². The molecule has 128 valence electrons. The lowest BCUT2D eigenvalue weighted by Crippen LogP contribution is -2.36. The molecule has 2 rings (SSSR count). The fourth-order valence-corrected chi connectivity index (χ4v) is 2.32. The smallest absolute Gasteiger partial charge is 0.407 e. The van der Waals surface area contributed by atoms with Gasteiger partial charge in [-0.3, -0.25) is 4.79 Å². The number of hydrogen-bond acceptors (Lipinski definition) is 4. The second-order valence-electron chi connectivity index (χ2n) is 6.33. The lowest BCUT2D eigenvalue weighted by molar-refractivity contribution is -0.122. The van der Waals surface area contributed by atoms with Crippen LogP contribution in [0.5, 0.6) is 0 Å². The van der Waals surface area contributed by atoms with Crippen LogP contribution < -0.4 is 10.6 Å². The molecule has 0 bridgehead atoms. The largest absolute Gasteiger partial charge is 0.445 e. The van der Waals surface area contributed by atoms with E-state index in [4.69, 9.17) is 10.00 Å². The van der Waals surface area contributed by atoms with E-state index in [0.29, 0.717) is 19.4 Å². The first kappa shape index (κ1) is 17.8. The van der Waals surface area contributed by atoms with Gasteiger partial charge in [0.2, 0.25) is 5.91 Å². The van der Waals surface area contributed by atoms with Gasteiger partial charge in [0.05, 0.1) is 6.07 Å². The topological polar surface area (TPSA) is 91.2 Å². The van der Waals surface area contributed by atoms with Crippen LogP contribution in [0.4, 0.5) is 4.79 Å². The fourth-order valence-electron chi connectivity index (χ4n) is 2.32. The van der Waals surface area contributed by atoms with E-state index < -0.39 is 11.6 Å². The average Bonchev–Trinajstić information content (AvgIpc) is 3.33. The number of nitrogens with one attached hydrogen (secondary N) is 2. The molecule has 2 N–H and O–H groups in total. The number of carbonyl (C=O) groups excluding carboxylic acids is 2. The first-order valence-corrected chi connectivity index (χ1v) is 8.20. The fraction of sp³-hybridized carbons (Fsp3) is 0.500. The summed E-state index contributed by atoms with van der Waals surface area (Å²) in [6.07, 6.45) is 2.03. The first-order valence-electron chi connectivity index (χ1n) is 8.20. The molecule has 1 saturated carbocycles. The highest BCUT2D eigenvalue weighted by Crippen LogP contribution is 2.34. The maximum atomic E-state index is 11.9. The maximum absolute atomic E-state index is 11.9. The molecule has 6 nitrogen and oxygen atoms in total. The van der Waals surface area contributed by atoms with Crippen LogP contribution in [0.2, 0.25) is 0 Å². The van der Waals surface area contributed by atoms with E-state index in [9.17, 15) is 9.59 Å². The van der Waals surface area contributed by atoms with Crippen LogP contribution in [0.25, 0.3) is 0 Å². The SMILES string of the molecule is CC(CCNC(=O)OCc1ccccc1)CC(=O)NC1(C#N)CC1. The second kappa shape index (κ2) is 8.34. The number of amides is 2. The van der Waals surface area contributed by atoms with Crippen LogP contribution in [0, 0.1) is 17.2 Å². The summed E-state index contributed by atoms with van der Waals surface area (Å²) >= 11 is 0. The lowest BCUT2D eigenvalue weighted by Gasteiger charge is -2.14.